The molecule has 51 valence electrons. The molecule has 1 aromatic rings. The quantitative estimate of drug-likeness (QED) is 0.577. The zero-order valence-corrected chi connectivity index (χ0v) is 5.28. The van der Waals surface area contributed by atoms with Crippen LogP contribution in [0.3, 0.4) is 0 Å². The van der Waals surface area contributed by atoms with Crippen LogP contribution in [-0.2, 0) is 0 Å². The lowest BCUT2D eigenvalue weighted by molar-refractivity contribution is 0.406. The number of hydrogen-bond acceptors (Lipinski definition) is 2. The van der Waals surface area contributed by atoms with Crippen molar-refractivity contribution in [3.63, 3.8) is 0 Å². The molecule has 0 aliphatic heterocycles. The third-order valence-electron chi connectivity index (χ3n) is 1.15. The summed E-state index contributed by atoms with van der Waals surface area (Å²) in [5, 5.41) is 17.1. The van der Waals surface area contributed by atoms with Crippen LogP contribution in [-0.4, -0.2) is 10.2 Å². The van der Waals surface area contributed by atoms with E-state index in [0.717, 1.165) is 0 Å². The predicted molar refractivity (Wildman–Crippen MR) is 38.3 cm³/mol. The molecule has 0 aromatic heterocycles. The summed E-state index contributed by atoms with van der Waals surface area (Å²) in [6.07, 6.45) is 1.65. The highest BCUT2D eigenvalue weighted by Gasteiger charge is 1.94. The molecule has 0 spiro atoms. The molecular weight excluding hydrogens is 128 g/mol. The topological polar surface area (TPSA) is 40.5 Å². The average Bonchev–Trinajstić information content (AvgIpc) is 2.05. The van der Waals surface area contributed by atoms with Crippen molar-refractivity contribution in [2.24, 2.45) is 0 Å². The van der Waals surface area contributed by atoms with Gasteiger partial charge in [-0.2, -0.15) is 0 Å². The van der Waals surface area contributed by atoms with Gasteiger partial charge in [0.15, 0.2) is 5.76 Å². The molecule has 0 unspecified atom stereocenters. The predicted octanol–water partition coefficient (Wildman–Crippen LogP) is 1.90. The van der Waals surface area contributed by atoms with Gasteiger partial charge in [0.25, 0.3) is 0 Å². The first-order valence-electron chi connectivity index (χ1n) is 2.86. The lowest BCUT2D eigenvalue weighted by atomic mass is 10.2. The van der Waals surface area contributed by atoms with Crippen LogP contribution in [0.25, 0.3) is 5.76 Å². The Kier molecular flexibility index (Phi) is 1.95. The molecule has 0 atom stereocenters. The van der Waals surface area contributed by atoms with Crippen molar-refractivity contribution in [1.82, 2.24) is 0 Å². The van der Waals surface area contributed by atoms with Crippen LogP contribution in [0.2, 0.25) is 0 Å². The van der Waals surface area contributed by atoms with E-state index in [9.17, 15) is 0 Å². The van der Waals surface area contributed by atoms with Crippen LogP contribution in [0, 0.1) is 6.26 Å². The van der Waals surface area contributed by atoms with Gasteiger partial charge in [-0.3, -0.25) is 0 Å². The SMILES string of the molecule is O/[C]=C(\O)c1ccccc1. The summed E-state index contributed by atoms with van der Waals surface area (Å²) in [4.78, 5) is 0. The smallest absolute Gasteiger partial charge is 0.204 e. The summed E-state index contributed by atoms with van der Waals surface area (Å²) in [7, 11) is 0. The molecule has 0 saturated heterocycles. The Balaban J connectivity index is 2.96. The van der Waals surface area contributed by atoms with Crippen molar-refractivity contribution in [2.45, 2.75) is 0 Å². The largest absolute Gasteiger partial charge is 0.504 e. The van der Waals surface area contributed by atoms with Gasteiger partial charge in [-0.25, -0.2) is 0 Å². The Bertz CT molecular complexity index is 226. The number of rotatable bonds is 1. The normalized spacial score (nSPS) is 11.4. The first-order chi connectivity index (χ1) is 4.84. The van der Waals surface area contributed by atoms with Gasteiger partial charge < -0.3 is 10.2 Å². The summed E-state index contributed by atoms with van der Waals surface area (Å²) < 4.78 is 0. The van der Waals surface area contributed by atoms with Gasteiger partial charge in [-0.1, -0.05) is 30.3 Å². The molecular formula is C8H7O2. The highest BCUT2D eigenvalue weighted by molar-refractivity contribution is 5.54. The van der Waals surface area contributed by atoms with Crippen molar-refractivity contribution in [1.29, 1.82) is 0 Å². The van der Waals surface area contributed by atoms with Crippen LogP contribution >= 0.6 is 0 Å². The van der Waals surface area contributed by atoms with Gasteiger partial charge in [-0.05, 0) is 0 Å². The third-order valence-corrected chi connectivity index (χ3v) is 1.15. The first kappa shape index (κ1) is 6.68. The first-order valence-corrected chi connectivity index (χ1v) is 2.86. The molecule has 0 aliphatic rings. The summed E-state index contributed by atoms with van der Waals surface area (Å²) in [6.45, 7) is 0. The second kappa shape index (κ2) is 2.92. The Hall–Kier alpha value is -1.44. The number of aliphatic hydroxyl groups is 2. The van der Waals surface area contributed by atoms with Crippen LogP contribution in [0.5, 0.6) is 0 Å². The third kappa shape index (κ3) is 1.29. The van der Waals surface area contributed by atoms with Gasteiger partial charge in [0.05, 0.1) is 0 Å². The van der Waals surface area contributed by atoms with Crippen LogP contribution in [0.1, 0.15) is 5.56 Å². The van der Waals surface area contributed by atoms with Crippen LogP contribution < -0.4 is 0 Å². The van der Waals surface area contributed by atoms with E-state index in [4.69, 9.17) is 10.2 Å². The highest BCUT2D eigenvalue weighted by Crippen LogP contribution is 2.07. The zero-order chi connectivity index (χ0) is 7.40. The maximum Gasteiger partial charge on any atom is 0.204 e. The molecule has 0 amide bonds. The Morgan fingerprint density at radius 3 is 2.30 bits per heavy atom. The molecule has 0 heterocycles. The fourth-order valence-electron chi connectivity index (χ4n) is 0.661. The van der Waals surface area contributed by atoms with Gasteiger partial charge in [0.2, 0.25) is 6.26 Å². The van der Waals surface area contributed by atoms with Crippen molar-refractivity contribution >= 4 is 5.76 Å². The zero-order valence-electron chi connectivity index (χ0n) is 5.28. The fourth-order valence-corrected chi connectivity index (χ4v) is 0.661. The summed E-state index contributed by atoms with van der Waals surface area (Å²) >= 11 is 0. The second-order valence-electron chi connectivity index (χ2n) is 1.83. The van der Waals surface area contributed by atoms with Crippen molar-refractivity contribution in [3.05, 3.63) is 42.2 Å². The fraction of sp³-hybridized carbons (Fsp3) is 0. The maximum absolute atomic E-state index is 8.88. The summed E-state index contributed by atoms with van der Waals surface area (Å²) in [5.74, 6) is -0.236. The Morgan fingerprint density at radius 2 is 1.80 bits per heavy atom. The number of benzene rings is 1. The second-order valence-corrected chi connectivity index (χ2v) is 1.83. The van der Waals surface area contributed by atoms with Crippen molar-refractivity contribution in [3.8, 4) is 0 Å². The summed E-state index contributed by atoms with van der Waals surface area (Å²) in [6, 6.07) is 8.72. The Labute approximate surface area is 59.1 Å². The maximum atomic E-state index is 8.88. The molecule has 2 N–H and O–H groups in total. The lowest BCUT2D eigenvalue weighted by Crippen LogP contribution is -1.80. The molecule has 0 saturated carbocycles. The van der Waals surface area contributed by atoms with Crippen molar-refractivity contribution in [2.75, 3.05) is 0 Å². The molecule has 1 radical (unpaired) electrons. The minimum Gasteiger partial charge on any atom is -0.504 e. The van der Waals surface area contributed by atoms with E-state index >= 15 is 0 Å². The van der Waals surface area contributed by atoms with Gasteiger partial charge >= 0.3 is 0 Å². The molecule has 1 aromatic carbocycles. The average molecular weight is 135 g/mol. The molecule has 0 bridgehead atoms. The molecule has 0 fully saturated rings. The number of aliphatic hydroxyl groups excluding tert-OH is 2. The van der Waals surface area contributed by atoms with Gasteiger partial charge in [0.1, 0.15) is 0 Å². The molecule has 10 heavy (non-hydrogen) atoms. The molecule has 2 heteroatoms. The van der Waals surface area contributed by atoms with E-state index in [2.05, 4.69) is 0 Å². The lowest BCUT2D eigenvalue weighted by Gasteiger charge is -1.94. The summed E-state index contributed by atoms with van der Waals surface area (Å²) in [5.41, 5.74) is 0.560. The van der Waals surface area contributed by atoms with Crippen LogP contribution in [0.15, 0.2) is 30.3 Å². The molecule has 1 rings (SSSR count). The standard InChI is InChI=1S/C8H7O2/c9-6-8(10)7-4-2-1-3-5-7/h1-5,9-10H. The molecule has 0 aliphatic carbocycles. The minimum absolute atomic E-state index is 0.236. The van der Waals surface area contributed by atoms with E-state index in [0.29, 0.717) is 5.56 Å². The van der Waals surface area contributed by atoms with E-state index in [-0.39, 0.29) is 5.76 Å². The van der Waals surface area contributed by atoms with E-state index in [1.54, 1.807) is 30.5 Å². The van der Waals surface area contributed by atoms with E-state index in [1.807, 2.05) is 6.07 Å². The Morgan fingerprint density at radius 1 is 1.20 bits per heavy atom. The number of hydrogen-bond donors (Lipinski definition) is 2. The van der Waals surface area contributed by atoms with Gasteiger partial charge in [-0.15, -0.1) is 0 Å². The van der Waals surface area contributed by atoms with E-state index < -0.39 is 0 Å². The highest BCUT2D eigenvalue weighted by atomic mass is 16.3. The minimum atomic E-state index is -0.236. The van der Waals surface area contributed by atoms with Gasteiger partial charge in [0, 0.05) is 5.56 Å². The monoisotopic (exact) mass is 135 g/mol. The van der Waals surface area contributed by atoms with Crippen LogP contribution in [0.4, 0.5) is 0 Å². The van der Waals surface area contributed by atoms with Crippen molar-refractivity contribution < 1.29 is 10.2 Å². The molecule has 2 nitrogen and oxygen atoms in total. The van der Waals surface area contributed by atoms with E-state index in [1.165, 1.54) is 0 Å².